The molecule has 0 bridgehead atoms. The van der Waals surface area contributed by atoms with Gasteiger partial charge in [0.2, 0.25) is 0 Å². The first-order valence-electron chi connectivity index (χ1n) is 10.1. The number of nitrogens with two attached hydrogens (primary N) is 1. The summed E-state index contributed by atoms with van der Waals surface area (Å²) in [5.41, 5.74) is 4.68. The van der Waals surface area contributed by atoms with Crippen LogP contribution < -0.4 is 5.32 Å². The maximum atomic E-state index is 12.7. The topological polar surface area (TPSA) is 49.5 Å². The van der Waals surface area contributed by atoms with E-state index in [-0.39, 0.29) is 16.9 Å². The minimum Gasteiger partial charge on any atom is -0.353 e. The van der Waals surface area contributed by atoms with E-state index >= 15 is 0 Å². The van der Waals surface area contributed by atoms with Crippen molar-refractivity contribution in [3.63, 3.8) is 0 Å². The summed E-state index contributed by atoms with van der Waals surface area (Å²) in [5.74, 6) is 0.582. The minimum atomic E-state index is -0.203. The van der Waals surface area contributed by atoms with Crippen LogP contribution in [0.2, 0.25) is 5.02 Å². The maximum absolute atomic E-state index is 12.7. The lowest BCUT2D eigenvalue weighted by Crippen LogP contribution is -2.98. The summed E-state index contributed by atoms with van der Waals surface area (Å²) in [5, 5.41) is 4.48. The molecule has 28 heavy (non-hydrogen) atoms. The Hall–Kier alpha value is -2.10. The zero-order valence-electron chi connectivity index (χ0n) is 16.4. The van der Waals surface area contributed by atoms with Crippen LogP contribution in [-0.4, -0.2) is 17.3 Å². The van der Waals surface area contributed by atoms with Crippen molar-refractivity contribution in [3.8, 4) is 0 Å². The summed E-state index contributed by atoms with van der Waals surface area (Å²) < 4.78 is 0. The van der Waals surface area contributed by atoms with Crippen LogP contribution in [0.3, 0.4) is 0 Å². The molecule has 1 spiro atoms. The quantitative estimate of drug-likeness (QED) is 0.628. The molecule has 0 unspecified atom stereocenters. The molecule has 2 heterocycles. The molecule has 0 saturated heterocycles. The Morgan fingerprint density at radius 1 is 1.07 bits per heavy atom. The van der Waals surface area contributed by atoms with Crippen molar-refractivity contribution in [2.75, 3.05) is 6.54 Å². The Bertz CT molecular complexity index is 1080. The average molecular weight is 394 g/mol. The third kappa shape index (κ3) is 2.72. The highest BCUT2D eigenvalue weighted by atomic mass is 35.5. The van der Waals surface area contributed by atoms with Crippen molar-refractivity contribution >= 4 is 28.3 Å². The number of quaternary nitrogens is 1. The molecule has 0 amide bonds. The highest BCUT2D eigenvalue weighted by Crippen LogP contribution is 2.48. The largest absolute Gasteiger partial charge is 0.353 e. The molecule has 1 aliphatic carbocycles. The van der Waals surface area contributed by atoms with E-state index < -0.39 is 0 Å². The maximum Gasteiger partial charge on any atom is 0.144 e. The van der Waals surface area contributed by atoms with E-state index in [4.69, 9.17) is 11.6 Å². The lowest BCUT2D eigenvalue weighted by molar-refractivity contribution is -0.744. The summed E-state index contributed by atoms with van der Waals surface area (Å²) in [6, 6.07) is 16.7. The van der Waals surface area contributed by atoms with Crippen molar-refractivity contribution < 1.29 is 10.1 Å². The van der Waals surface area contributed by atoms with Gasteiger partial charge in [0, 0.05) is 34.3 Å². The molecule has 1 aliphatic heterocycles. The van der Waals surface area contributed by atoms with E-state index in [9.17, 15) is 4.79 Å². The zero-order valence-corrected chi connectivity index (χ0v) is 17.1. The average Bonchev–Trinajstić information content (AvgIpc) is 3.02. The number of H-pyrrole nitrogens is 1. The van der Waals surface area contributed by atoms with E-state index in [1.807, 2.05) is 12.1 Å². The van der Waals surface area contributed by atoms with E-state index in [1.165, 1.54) is 22.2 Å². The number of carbonyl (C=O) groups is 1. The predicted molar refractivity (Wildman–Crippen MR) is 113 cm³/mol. The molecule has 2 aliphatic rings. The number of para-hydroxylation sites is 1. The highest BCUT2D eigenvalue weighted by Gasteiger charge is 2.53. The van der Waals surface area contributed by atoms with Gasteiger partial charge in [-0.05, 0) is 23.1 Å². The summed E-state index contributed by atoms with van der Waals surface area (Å²) in [7, 11) is 0. The number of aromatic nitrogens is 1. The number of benzene rings is 2. The van der Waals surface area contributed by atoms with Crippen LogP contribution in [-0.2, 0) is 10.3 Å². The molecule has 3 nitrogen and oxygen atoms in total. The summed E-state index contributed by atoms with van der Waals surface area (Å²) in [6.45, 7) is 5.35. The van der Waals surface area contributed by atoms with Gasteiger partial charge in [-0.1, -0.05) is 61.8 Å². The Morgan fingerprint density at radius 2 is 1.82 bits per heavy atom. The third-order valence-corrected chi connectivity index (χ3v) is 6.94. The smallest absolute Gasteiger partial charge is 0.144 e. The van der Waals surface area contributed by atoms with Crippen molar-refractivity contribution in [3.05, 3.63) is 70.4 Å². The molecule has 5 rings (SSSR count). The Kier molecular flexibility index (Phi) is 3.98. The number of ketones is 1. The number of hydrogen-bond donors (Lipinski definition) is 2. The molecule has 4 heteroatoms. The summed E-state index contributed by atoms with van der Waals surface area (Å²) in [4.78, 5) is 16.5. The lowest BCUT2D eigenvalue weighted by atomic mass is 9.63. The normalized spacial score (nSPS) is 26.5. The van der Waals surface area contributed by atoms with Gasteiger partial charge in [0.05, 0.1) is 24.6 Å². The molecule has 2 atom stereocenters. The van der Waals surface area contributed by atoms with Crippen LogP contribution in [0.1, 0.15) is 55.8 Å². The van der Waals surface area contributed by atoms with Gasteiger partial charge in [-0.15, -0.1) is 0 Å². The van der Waals surface area contributed by atoms with Crippen molar-refractivity contribution in [1.82, 2.24) is 4.98 Å². The number of hydrogen-bond acceptors (Lipinski definition) is 1. The van der Waals surface area contributed by atoms with Gasteiger partial charge in [0.1, 0.15) is 11.3 Å². The molecule has 3 N–H and O–H groups in total. The third-order valence-electron chi connectivity index (χ3n) is 6.60. The van der Waals surface area contributed by atoms with Crippen LogP contribution in [0.25, 0.3) is 10.9 Å². The monoisotopic (exact) mass is 393 g/mol. The molecule has 144 valence electrons. The minimum absolute atomic E-state index is 0.0115. The van der Waals surface area contributed by atoms with Crippen LogP contribution in [0.5, 0.6) is 0 Å². The number of fused-ring (bicyclic) bond motifs is 4. The Morgan fingerprint density at radius 3 is 2.61 bits per heavy atom. The number of halogens is 1. The van der Waals surface area contributed by atoms with E-state index in [0.29, 0.717) is 18.6 Å². The fraction of sp³-hybridized carbons (Fsp3) is 0.375. The van der Waals surface area contributed by atoms with Gasteiger partial charge in [-0.3, -0.25) is 4.79 Å². The Labute approximate surface area is 170 Å². The number of rotatable bonds is 1. The van der Waals surface area contributed by atoms with Crippen molar-refractivity contribution in [2.24, 2.45) is 5.41 Å². The number of carbonyl (C=O) groups excluding carboxylic acids is 1. The van der Waals surface area contributed by atoms with E-state index in [0.717, 1.165) is 23.5 Å². The summed E-state index contributed by atoms with van der Waals surface area (Å²) in [6.07, 6.45) is 2.28. The van der Waals surface area contributed by atoms with Gasteiger partial charge < -0.3 is 10.3 Å². The van der Waals surface area contributed by atoms with Crippen molar-refractivity contribution in [2.45, 2.75) is 44.6 Å². The number of nitrogens with one attached hydrogen (secondary N) is 1. The second kappa shape index (κ2) is 6.20. The first kappa shape index (κ1) is 18.0. The number of aromatic amines is 1. The molecular formula is C24H26ClN2O+. The van der Waals surface area contributed by atoms with Gasteiger partial charge in [-0.2, -0.15) is 0 Å². The van der Waals surface area contributed by atoms with Gasteiger partial charge in [0.15, 0.2) is 0 Å². The van der Waals surface area contributed by atoms with Crippen LogP contribution in [0.4, 0.5) is 0 Å². The van der Waals surface area contributed by atoms with E-state index in [1.54, 1.807) is 0 Å². The first-order chi connectivity index (χ1) is 13.4. The lowest BCUT2D eigenvalue weighted by Gasteiger charge is -2.45. The second-order valence-corrected chi connectivity index (χ2v) is 9.77. The van der Waals surface area contributed by atoms with Gasteiger partial charge >= 0.3 is 0 Å². The molecule has 2 aromatic carbocycles. The molecule has 0 radical (unpaired) electrons. The van der Waals surface area contributed by atoms with E-state index in [2.05, 4.69) is 60.5 Å². The van der Waals surface area contributed by atoms with Gasteiger partial charge in [-0.25, -0.2) is 0 Å². The molecule has 1 saturated carbocycles. The molecule has 1 aromatic heterocycles. The molecule has 3 aromatic rings. The molecule has 1 fully saturated rings. The zero-order chi connectivity index (χ0) is 19.5. The van der Waals surface area contributed by atoms with Crippen LogP contribution >= 0.6 is 11.6 Å². The second-order valence-electron chi connectivity index (χ2n) is 9.36. The van der Waals surface area contributed by atoms with Crippen LogP contribution in [0, 0.1) is 5.41 Å². The Balaban J connectivity index is 1.75. The SMILES string of the molecule is CC1(C)CC(=O)C[C@@]2(C1)[NH2+]C[C@@H](c1ccccc1Cl)c1c2[nH]c2ccccc12. The molecular weight excluding hydrogens is 368 g/mol. The summed E-state index contributed by atoms with van der Waals surface area (Å²) >= 11 is 6.61. The first-order valence-corrected chi connectivity index (χ1v) is 10.5. The standard InChI is InChI=1S/C24H25ClN2O/c1-23(2)11-15(28)12-24(14-23)22-21(17-8-4-6-10-20(17)27-22)18(13-26-24)16-7-3-5-9-19(16)25/h3-10,18,26-27H,11-14H2,1-2H3/p+1/t18-,24-/m0/s1. The predicted octanol–water partition coefficient (Wildman–Crippen LogP) is 4.50. The number of Topliss-reactive ketones (excluding diaryl/α,β-unsaturated/α-hetero) is 1. The van der Waals surface area contributed by atoms with Gasteiger partial charge in [0.25, 0.3) is 0 Å². The highest BCUT2D eigenvalue weighted by molar-refractivity contribution is 6.31. The van der Waals surface area contributed by atoms with Crippen molar-refractivity contribution in [1.29, 1.82) is 0 Å². The fourth-order valence-electron chi connectivity index (χ4n) is 5.77. The fourth-order valence-corrected chi connectivity index (χ4v) is 6.04. The van der Waals surface area contributed by atoms with Crippen LogP contribution in [0.15, 0.2) is 48.5 Å².